The molecule has 10 heteroatoms. The van der Waals surface area contributed by atoms with Crippen LogP contribution in [0.15, 0.2) is 34.2 Å². The second-order valence-corrected chi connectivity index (χ2v) is 8.99. The molecule has 4 unspecified atom stereocenters. The molecule has 2 aliphatic rings. The number of sulfonamides is 1. The predicted octanol–water partition coefficient (Wildman–Crippen LogP) is 0.681. The summed E-state index contributed by atoms with van der Waals surface area (Å²) in [5.41, 5.74) is 0.396. The number of morpholine rings is 1. The molecule has 0 aromatic heterocycles. The molecular formula is C19H25N3O6S. The quantitative estimate of drug-likeness (QED) is 0.713. The normalized spacial score (nSPS) is 26.3. The number of amides is 1. The van der Waals surface area contributed by atoms with E-state index in [0.29, 0.717) is 18.7 Å². The fourth-order valence-corrected chi connectivity index (χ4v) is 4.65. The number of ether oxygens (including phenoxy) is 2. The van der Waals surface area contributed by atoms with Crippen LogP contribution in [-0.2, 0) is 29.1 Å². The Morgan fingerprint density at radius 2 is 1.83 bits per heavy atom. The lowest BCUT2D eigenvalue weighted by atomic mass is 10.2. The Morgan fingerprint density at radius 1 is 1.21 bits per heavy atom. The van der Waals surface area contributed by atoms with Crippen LogP contribution in [0.3, 0.4) is 0 Å². The van der Waals surface area contributed by atoms with Gasteiger partial charge in [-0.15, -0.1) is 0 Å². The first-order valence-corrected chi connectivity index (χ1v) is 10.9. The zero-order chi connectivity index (χ0) is 21.3. The van der Waals surface area contributed by atoms with E-state index in [0.717, 1.165) is 0 Å². The summed E-state index contributed by atoms with van der Waals surface area (Å²) in [5.74, 6) is -0.928. The SMILES string of the molecule is CC1CN(C(=O)C(C)OC(=O)C(C)N=C2NS(=O)(=O)c3ccccc32)CC(C)O1. The summed E-state index contributed by atoms with van der Waals surface area (Å²) >= 11 is 0. The van der Waals surface area contributed by atoms with Gasteiger partial charge in [-0.25, -0.2) is 13.2 Å². The molecule has 1 saturated heterocycles. The fourth-order valence-electron chi connectivity index (χ4n) is 3.41. The average molecular weight is 423 g/mol. The third-order valence-corrected chi connectivity index (χ3v) is 6.10. The van der Waals surface area contributed by atoms with Crippen molar-refractivity contribution >= 4 is 27.7 Å². The van der Waals surface area contributed by atoms with Crippen molar-refractivity contribution in [1.29, 1.82) is 0 Å². The Morgan fingerprint density at radius 3 is 2.48 bits per heavy atom. The molecule has 158 valence electrons. The molecule has 0 saturated carbocycles. The van der Waals surface area contributed by atoms with Gasteiger partial charge in [-0.2, -0.15) is 0 Å². The highest BCUT2D eigenvalue weighted by atomic mass is 32.2. The maximum absolute atomic E-state index is 12.6. The number of carbonyl (C=O) groups is 2. The molecule has 4 atom stereocenters. The molecule has 2 heterocycles. The van der Waals surface area contributed by atoms with Gasteiger partial charge in [0.05, 0.1) is 17.1 Å². The Balaban J connectivity index is 1.67. The third kappa shape index (κ3) is 4.59. The van der Waals surface area contributed by atoms with Gasteiger partial charge in [0.25, 0.3) is 15.9 Å². The number of nitrogens with zero attached hydrogens (tertiary/aromatic N) is 2. The van der Waals surface area contributed by atoms with Crippen LogP contribution in [0.5, 0.6) is 0 Å². The van der Waals surface area contributed by atoms with Gasteiger partial charge in [0.2, 0.25) is 0 Å². The molecule has 0 aliphatic carbocycles. The number of aliphatic imine (C=N–C) groups is 1. The van der Waals surface area contributed by atoms with Crippen LogP contribution in [0.25, 0.3) is 0 Å². The Kier molecular flexibility index (Phi) is 5.95. The van der Waals surface area contributed by atoms with E-state index in [-0.39, 0.29) is 28.8 Å². The molecular weight excluding hydrogens is 398 g/mol. The highest BCUT2D eigenvalue weighted by Crippen LogP contribution is 2.22. The van der Waals surface area contributed by atoms with E-state index in [4.69, 9.17) is 9.47 Å². The largest absolute Gasteiger partial charge is 0.451 e. The molecule has 1 aromatic carbocycles. The van der Waals surface area contributed by atoms with Crippen LogP contribution < -0.4 is 4.72 Å². The van der Waals surface area contributed by atoms with E-state index >= 15 is 0 Å². The van der Waals surface area contributed by atoms with Crippen LogP contribution >= 0.6 is 0 Å². The number of carbonyl (C=O) groups excluding carboxylic acids is 2. The summed E-state index contributed by atoms with van der Waals surface area (Å²) < 4.78 is 37.5. The second kappa shape index (κ2) is 8.11. The maximum Gasteiger partial charge on any atom is 0.331 e. The van der Waals surface area contributed by atoms with Crippen LogP contribution in [-0.4, -0.2) is 68.5 Å². The van der Waals surface area contributed by atoms with Gasteiger partial charge in [0.15, 0.2) is 6.10 Å². The van der Waals surface area contributed by atoms with Crippen molar-refractivity contribution in [2.45, 2.75) is 56.9 Å². The number of hydrogen-bond donors (Lipinski definition) is 1. The van der Waals surface area contributed by atoms with Gasteiger partial charge in [-0.3, -0.25) is 14.5 Å². The molecule has 1 amide bonds. The van der Waals surface area contributed by atoms with Crippen LogP contribution in [0.2, 0.25) is 0 Å². The van der Waals surface area contributed by atoms with Gasteiger partial charge in [0.1, 0.15) is 11.9 Å². The molecule has 0 spiro atoms. The van der Waals surface area contributed by atoms with E-state index in [1.807, 2.05) is 13.8 Å². The monoisotopic (exact) mass is 423 g/mol. The molecule has 1 N–H and O–H groups in total. The Hall–Kier alpha value is -2.46. The third-order valence-electron chi connectivity index (χ3n) is 4.70. The molecule has 1 aromatic rings. The van der Waals surface area contributed by atoms with Gasteiger partial charge in [-0.1, -0.05) is 12.1 Å². The average Bonchev–Trinajstić information content (AvgIpc) is 2.90. The lowest BCUT2D eigenvalue weighted by Crippen LogP contribution is -2.51. The summed E-state index contributed by atoms with van der Waals surface area (Å²) in [6.07, 6.45) is -1.16. The first-order valence-electron chi connectivity index (χ1n) is 9.43. The van der Waals surface area contributed by atoms with Crippen molar-refractivity contribution < 1.29 is 27.5 Å². The van der Waals surface area contributed by atoms with E-state index in [1.165, 1.54) is 19.9 Å². The number of amidine groups is 1. The lowest BCUT2D eigenvalue weighted by Gasteiger charge is -2.36. The Labute approximate surface area is 170 Å². The first kappa shape index (κ1) is 21.3. The maximum atomic E-state index is 12.6. The summed E-state index contributed by atoms with van der Waals surface area (Å²) in [5, 5.41) is 0. The molecule has 3 rings (SSSR count). The smallest absolute Gasteiger partial charge is 0.331 e. The molecule has 9 nitrogen and oxygen atoms in total. The second-order valence-electron chi connectivity index (χ2n) is 7.33. The van der Waals surface area contributed by atoms with Crippen molar-refractivity contribution in [2.75, 3.05) is 13.1 Å². The minimum Gasteiger partial charge on any atom is -0.451 e. The first-order chi connectivity index (χ1) is 13.6. The van der Waals surface area contributed by atoms with E-state index in [1.54, 1.807) is 23.1 Å². The van der Waals surface area contributed by atoms with Crippen molar-refractivity contribution in [2.24, 2.45) is 4.99 Å². The number of esters is 1. The molecule has 0 bridgehead atoms. The van der Waals surface area contributed by atoms with Crippen molar-refractivity contribution in [3.8, 4) is 0 Å². The van der Waals surface area contributed by atoms with Crippen LogP contribution in [0.4, 0.5) is 0 Å². The van der Waals surface area contributed by atoms with Gasteiger partial charge in [0, 0.05) is 18.7 Å². The minimum absolute atomic E-state index is 0.0832. The number of fused-ring (bicyclic) bond motifs is 1. The van der Waals surface area contributed by atoms with Crippen LogP contribution in [0.1, 0.15) is 33.3 Å². The standard InChI is InChI=1S/C19H25N3O6S/c1-11-9-22(10-12(2)27-11)18(23)14(4)28-19(24)13(3)20-17-15-7-5-6-8-16(15)29(25,26)21-17/h5-8,11-14H,9-10H2,1-4H3,(H,20,21). The molecule has 1 fully saturated rings. The van der Waals surface area contributed by atoms with Gasteiger partial charge < -0.3 is 14.4 Å². The highest BCUT2D eigenvalue weighted by molar-refractivity contribution is 7.90. The summed E-state index contributed by atoms with van der Waals surface area (Å²) in [6, 6.07) is 5.38. The summed E-state index contributed by atoms with van der Waals surface area (Å²) in [6.45, 7) is 7.62. The zero-order valence-electron chi connectivity index (χ0n) is 16.8. The number of nitrogens with one attached hydrogen (secondary N) is 1. The summed E-state index contributed by atoms with van der Waals surface area (Å²) in [4.78, 5) is 30.9. The van der Waals surface area contributed by atoms with E-state index < -0.39 is 28.1 Å². The Bertz CT molecular complexity index is 935. The topological polar surface area (TPSA) is 114 Å². The number of benzene rings is 1. The highest BCUT2D eigenvalue weighted by Gasteiger charge is 2.33. The molecule has 0 radical (unpaired) electrons. The number of hydrogen-bond acceptors (Lipinski definition) is 7. The molecule has 2 aliphatic heterocycles. The van der Waals surface area contributed by atoms with Gasteiger partial charge in [-0.05, 0) is 39.8 Å². The van der Waals surface area contributed by atoms with E-state index in [9.17, 15) is 18.0 Å². The van der Waals surface area contributed by atoms with Crippen molar-refractivity contribution in [3.63, 3.8) is 0 Å². The van der Waals surface area contributed by atoms with E-state index in [2.05, 4.69) is 9.71 Å². The van der Waals surface area contributed by atoms with Gasteiger partial charge >= 0.3 is 5.97 Å². The molecule has 29 heavy (non-hydrogen) atoms. The number of rotatable bonds is 4. The predicted molar refractivity (Wildman–Crippen MR) is 105 cm³/mol. The van der Waals surface area contributed by atoms with Crippen molar-refractivity contribution in [3.05, 3.63) is 29.8 Å². The fraction of sp³-hybridized carbons (Fsp3) is 0.526. The minimum atomic E-state index is -3.69. The summed E-state index contributed by atoms with van der Waals surface area (Å²) in [7, 11) is -3.69. The lowest BCUT2D eigenvalue weighted by molar-refractivity contribution is -0.164. The van der Waals surface area contributed by atoms with Crippen molar-refractivity contribution in [1.82, 2.24) is 9.62 Å². The zero-order valence-corrected chi connectivity index (χ0v) is 17.6. The van der Waals surface area contributed by atoms with Crippen LogP contribution in [0, 0.1) is 0 Å².